The zero-order valence-corrected chi connectivity index (χ0v) is 12.0. The van der Waals surface area contributed by atoms with Gasteiger partial charge >= 0.3 is 0 Å². The number of aryl methyl sites for hydroxylation is 2. The first kappa shape index (κ1) is 15.1. The fraction of sp³-hybridized carbons (Fsp3) is 0.769. The van der Waals surface area contributed by atoms with E-state index in [1.807, 2.05) is 18.7 Å². The van der Waals surface area contributed by atoms with Crippen molar-refractivity contribution in [2.45, 2.75) is 39.3 Å². The molecule has 1 heterocycles. The molecule has 2 unspecified atom stereocenters. The molecule has 0 amide bonds. The van der Waals surface area contributed by atoms with E-state index < -0.39 is 0 Å². The molecule has 1 rings (SSSR count). The van der Waals surface area contributed by atoms with Crippen molar-refractivity contribution >= 4 is 0 Å². The van der Waals surface area contributed by atoms with Crippen LogP contribution in [0.3, 0.4) is 0 Å². The molecule has 0 aliphatic carbocycles. The minimum atomic E-state index is 0.161. The molecule has 0 saturated heterocycles. The van der Waals surface area contributed by atoms with Gasteiger partial charge in [-0.2, -0.15) is 5.10 Å². The smallest absolute Gasteiger partial charge is 0.0644 e. The van der Waals surface area contributed by atoms with Crippen molar-refractivity contribution in [3.8, 4) is 0 Å². The molecule has 5 heteroatoms. The third-order valence-electron chi connectivity index (χ3n) is 3.33. The van der Waals surface area contributed by atoms with Crippen LogP contribution >= 0.6 is 0 Å². The third-order valence-corrected chi connectivity index (χ3v) is 3.33. The Morgan fingerprint density at radius 3 is 2.56 bits per heavy atom. The largest absolute Gasteiger partial charge is 0.396 e. The summed E-state index contributed by atoms with van der Waals surface area (Å²) in [4.78, 5) is 0. The normalized spacial score (nSPS) is 14.8. The van der Waals surface area contributed by atoms with E-state index in [-0.39, 0.29) is 18.7 Å². The van der Waals surface area contributed by atoms with Crippen molar-refractivity contribution in [1.82, 2.24) is 15.1 Å². The highest BCUT2D eigenvalue weighted by Gasteiger charge is 2.19. The Hall–Kier alpha value is -0.910. The number of aromatic nitrogens is 2. The van der Waals surface area contributed by atoms with Crippen LogP contribution in [0.5, 0.6) is 0 Å². The average Bonchev–Trinajstić information content (AvgIpc) is 2.53. The lowest BCUT2D eigenvalue weighted by Gasteiger charge is -2.22. The first-order valence-corrected chi connectivity index (χ1v) is 6.37. The van der Waals surface area contributed by atoms with Crippen molar-refractivity contribution in [1.29, 1.82) is 0 Å². The number of methoxy groups -OCH3 is 1. The fourth-order valence-corrected chi connectivity index (χ4v) is 2.43. The Balaban J connectivity index is 2.76. The molecule has 18 heavy (non-hydrogen) atoms. The van der Waals surface area contributed by atoms with Crippen LogP contribution in [0.1, 0.15) is 36.3 Å². The number of ether oxygens (including phenoxy) is 1. The Kier molecular flexibility index (Phi) is 5.78. The highest BCUT2D eigenvalue weighted by molar-refractivity contribution is 5.27. The van der Waals surface area contributed by atoms with E-state index in [1.165, 1.54) is 11.3 Å². The van der Waals surface area contributed by atoms with Gasteiger partial charge in [-0.3, -0.25) is 4.68 Å². The predicted molar refractivity (Wildman–Crippen MR) is 71.6 cm³/mol. The zero-order valence-electron chi connectivity index (χ0n) is 12.0. The standard InChI is InChI=1S/C13H25N3O2/c1-9(14-12(6-7-17)8-18-5)13-10(2)15-16(4)11(13)3/h9,12,14,17H,6-8H2,1-5H3. The first-order chi connectivity index (χ1) is 8.51. The second-order valence-corrected chi connectivity index (χ2v) is 4.76. The lowest BCUT2D eigenvalue weighted by atomic mass is 10.0. The Morgan fingerprint density at radius 1 is 1.44 bits per heavy atom. The number of nitrogens with zero attached hydrogens (tertiary/aromatic N) is 2. The van der Waals surface area contributed by atoms with Crippen molar-refractivity contribution in [2.24, 2.45) is 7.05 Å². The summed E-state index contributed by atoms with van der Waals surface area (Å²) in [5.41, 5.74) is 3.46. The highest BCUT2D eigenvalue weighted by Crippen LogP contribution is 2.21. The maximum Gasteiger partial charge on any atom is 0.0644 e. The monoisotopic (exact) mass is 255 g/mol. The van der Waals surface area contributed by atoms with E-state index in [0.29, 0.717) is 13.0 Å². The number of hydrogen-bond acceptors (Lipinski definition) is 4. The van der Waals surface area contributed by atoms with Gasteiger partial charge in [0.2, 0.25) is 0 Å². The molecule has 5 nitrogen and oxygen atoms in total. The minimum absolute atomic E-state index is 0.161. The SMILES string of the molecule is COCC(CCO)NC(C)c1c(C)nn(C)c1C. The molecule has 0 bridgehead atoms. The fourth-order valence-electron chi connectivity index (χ4n) is 2.43. The van der Waals surface area contributed by atoms with Gasteiger partial charge in [0.05, 0.1) is 12.3 Å². The lowest BCUT2D eigenvalue weighted by molar-refractivity contribution is 0.143. The molecule has 1 aromatic heterocycles. The maximum atomic E-state index is 9.05. The topological polar surface area (TPSA) is 59.3 Å². The molecule has 0 spiro atoms. The van der Waals surface area contributed by atoms with E-state index in [4.69, 9.17) is 9.84 Å². The van der Waals surface area contributed by atoms with E-state index in [9.17, 15) is 0 Å². The van der Waals surface area contributed by atoms with Gasteiger partial charge in [-0.25, -0.2) is 0 Å². The summed E-state index contributed by atoms with van der Waals surface area (Å²) in [7, 11) is 3.64. The molecule has 2 N–H and O–H groups in total. The van der Waals surface area contributed by atoms with Crippen LogP contribution in [0.15, 0.2) is 0 Å². The number of nitrogens with one attached hydrogen (secondary N) is 1. The quantitative estimate of drug-likeness (QED) is 0.765. The lowest BCUT2D eigenvalue weighted by Crippen LogP contribution is -2.36. The molecule has 0 aromatic carbocycles. The van der Waals surface area contributed by atoms with Gasteiger partial charge in [0.1, 0.15) is 0 Å². The molecule has 0 saturated carbocycles. The summed E-state index contributed by atoms with van der Waals surface area (Å²) in [5.74, 6) is 0. The second kappa shape index (κ2) is 6.87. The van der Waals surface area contributed by atoms with Crippen LogP contribution in [-0.2, 0) is 11.8 Å². The molecule has 104 valence electrons. The van der Waals surface area contributed by atoms with E-state index >= 15 is 0 Å². The summed E-state index contributed by atoms with van der Waals surface area (Å²) >= 11 is 0. The number of rotatable bonds is 7. The van der Waals surface area contributed by atoms with E-state index in [0.717, 1.165) is 5.69 Å². The third kappa shape index (κ3) is 3.54. The van der Waals surface area contributed by atoms with Crippen molar-refractivity contribution in [3.63, 3.8) is 0 Å². The summed E-state index contributed by atoms with van der Waals surface area (Å²) in [5, 5.41) is 17.0. The molecule has 0 aliphatic rings. The van der Waals surface area contributed by atoms with Gasteiger partial charge in [0, 0.05) is 44.1 Å². The van der Waals surface area contributed by atoms with Crippen LogP contribution in [0.4, 0.5) is 0 Å². The van der Waals surface area contributed by atoms with Crippen molar-refractivity contribution in [2.75, 3.05) is 20.3 Å². The minimum Gasteiger partial charge on any atom is -0.396 e. The molecule has 2 atom stereocenters. The number of hydrogen-bond donors (Lipinski definition) is 2. The molecular formula is C13H25N3O2. The Bertz CT molecular complexity index is 371. The van der Waals surface area contributed by atoms with Gasteiger partial charge in [-0.05, 0) is 27.2 Å². The van der Waals surface area contributed by atoms with Crippen LogP contribution < -0.4 is 5.32 Å². The molecule has 1 aromatic rings. The van der Waals surface area contributed by atoms with Crippen LogP contribution in [0.25, 0.3) is 0 Å². The molecule has 0 radical (unpaired) electrons. The van der Waals surface area contributed by atoms with Crippen LogP contribution in [-0.4, -0.2) is 41.3 Å². The van der Waals surface area contributed by atoms with Gasteiger partial charge < -0.3 is 15.2 Å². The summed E-state index contributed by atoms with van der Waals surface area (Å²) in [6.07, 6.45) is 0.691. The first-order valence-electron chi connectivity index (χ1n) is 6.37. The summed E-state index contributed by atoms with van der Waals surface area (Å²) < 4.78 is 7.07. The second-order valence-electron chi connectivity index (χ2n) is 4.76. The van der Waals surface area contributed by atoms with Crippen LogP contribution in [0, 0.1) is 13.8 Å². The van der Waals surface area contributed by atoms with Gasteiger partial charge in [-0.1, -0.05) is 0 Å². The van der Waals surface area contributed by atoms with Gasteiger partial charge in [0.15, 0.2) is 0 Å². The van der Waals surface area contributed by atoms with E-state index in [1.54, 1.807) is 7.11 Å². The van der Waals surface area contributed by atoms with E-state index in [2.05, 4.69) is 24.3 Å². The predicted octanol–water partition coefficient (Wildman–Crippen LogP) is 1.08. The van der Waals surface area contributed by atoms with Crippen molar-refractivity contribution in [3.05, 3.63) is 17.0 Å². The number of aliphatic hydroxyl groups excluding tert-OH is 1. The number of aliphatic hydroxyl groups is 1. The van der Waals surface area contributed by atoms with Crippen molar-refractivity contribution < 1.29 is 9.84 Å². The average molecular weight is 255 g/mol. The Morgan fingerprint density at radius 2 is 2.11 bits per heavy atom. The van der Waals surface area contributed by atoms with Gasteiger partial charge in [-0.15, -0.1) is 0 Å². The molecular weight excluding hydrogens is 230 g/mol. The van der Waals surface area contributed by atoms with Gasteiger partial charge in [0.25, 0.3) is 0 Å². The van der Waals surface area contributed by atoms with Crippen LogP contribution in [0.2, 0.25) is 0 Å². The summed E-state index contributed by atoms with van der Waals surface area (Å²) in [6.45, 7) is 6.99. The molecule has 0 aliphatic heterocycles. The maximum absolute atomic E-state index is 9.05. The zero-order chi connectivity index (χ0) is 13.7. The Labute approximate surface area is 109 Å². The molecule has 0 fully saturated rings. The highest BCUT2D eigenvalue weighted by atomic mass is 16.5. The summed E-state index contributed by atoms with van der Waals surface area (Å²) in [6, 6.07) is 0.361.